The van der Waals surface area contributed by atoms with Gasteiger partial charge in [-0.15, -0.1) is 34.9 Å². The molecule has 0 saturated heterocycles. The topological polar surface area (TPSA) is 63.1 Å². The summed E-state index contributed by atoms with van der Waals surface area (Å²) in [6, 6.07) is 18.5. The molecule has 1 radical (unpaired) electrons. The zero-order chi connectivity index (χ0) is 30.5. The van der Waals surface area contributed by atoms with Crippen molar-refractivity contribution in [3.63, 3.8) is 0 Å². The first kappa shape index (κ1) is 35.3. The van der Waals surface area contributed by atoms with Gasteiger partial charge in [-0.1, -0.05) is 85.2 Å². The number of hydrogen-bond donors (Lipinski definition) is 1. The number of allylic oxidation sites excluding steroid dienone is 2. The van der Waals surface area contributed by atoms with Crippen LogP contribution in [0.25, 0.3) is 32.9 Å². The number of ketones is 1. The van der Waals surface area contributed by atoms with Gasteiger partial charge in [-0.25, -0.2) is 4.98 Å². The van der Waals surface area contributed by atoms with E-state index in [0.29, 0.717) is 0 Å². The molecule has 0 unspecified atom stereocenters. The smallest absolute Gasteiger partial charge is 0.164 e. The van der Waals surface area contributed by atoms with Crippen LogP contribution in [-0.4, -0.2) is 20.9 Å². The maximum atomic E-state index is 12.2. The van der Waals surface area contributed by atoms with Crippen molar-refractivity contribution < 1.29 is 30.0 Å². The molecule has 1 aromatic heterocycles. The van der Waals surface area contributed by atoms with E-state index in [1.807, 2.05) is 48.5 Å². The zero-order valence-electron chi connectivity index (χ0n) is 27.0. The van der Waals surface area contributed by atoms with Gasteiger partial charge in [0.05, 0.1) is 5.52 Å². The van der Waals surface area contributed by atoms with Crippen molar-refractivity contribution in [1.82, 2.24) is 9.97 Å². The van der Waals surface area contributed by atoms with Crippen LogP contribution in [0.1, 0.15) is 89.7 Å². The van der Waals surface area contributed by atoms with E-state index in [1.54, 1.807) is 0 Å². The Bertz CT molecular complexity index is 1560. The van der Waals surface area contributed by atoms with Crippen molar-refractivity contribution in [3.05, 3.63) is 82.9 Å². The van der Waals surface area contributed by atoms with Crippen molar-refractivity contribution in [3.8, 4) is 11.3 Å². The molecule has 1 heterocycles. The number of benzene rings is 3. The second-order valence-electron chi connectivity index (χ2n) is 12.0. The molecule has 4 rings (SSSR count). The van der Waals surface area contributed by atoms with Crippen LogP contribution in [0.3, 0.4) is 0 Å². The van der Waals surface area contributed by atoms with Crippen LogP contribution >= 0.6 is 0 Å². The van der Waals surface area contributed by atoms with Gasteiger partial charge < -0.3 is 5.11 Å². The Morgan fingerprint density at radius 1 is 0.810 bits per heavy atom. The van der Waals surface area contributed by atoms with E-state index in [0.717, 1.165) is 59.2 Å². The Labute approximate surface area is 266 Å². The molecule has 42 heavy (non-hydrogen) atoms. The fraction of sp³-hybridized carbons (Fsp3) is 0.432. The van der Waals surface area contributed by atoms with Crippen LogP contribution in [0.5, 0.6) is 0 Å². The minimum Gasteiger partial charge on any atom is -0.512 e. The Balaban J connectivity index is 0.000000307. The summed E-state index contributed by atoms with van der Waals surface area (Å²) in [5, 5.41) is 13.6. The molecule has 0 fully saturated rings. The number of carbonyl (C=O) groups is 1. The van der Waals surface area contributed by atoms with Gasteiger partial charge in [-0.3, -0.25) is 9.78 Å². The number of hydrogen-bond acceptors (Lipinski definition) is 4. The fourth-order valence-electron chi connectivity index (χ4n) is 5.05. The molecule has 4 nitrogen and oxygen atoms in total. The van der Waals surface area contributed by atoms with Gasteiger partial charge in [0, 0.05) is 42.4 Å². The van der Waals surface area contributed by atoms with Crippen molar-refractivity contribution in [2.24, 2.45) is 10.8 Å². The van der Waals surface area contributed by atoms with Crippen molar-refractivity contribution >= 4 is 27.5 Å². The second kappa shape index (κ2) is 14.5. The molecule has 0 bridgehead atoms. The van der Waals surface area contributed by atoms with E-state index < -0.39 is 0 Å². The molecule has 5 heteroatoms. The SMILES string of the molecule is CCC(C)(CC)C(=O)/C=C(\O)C(C)(CC)CC.Cc1[c-]c(-c2nc(C)nc3c2ccc2ccc(C)cc23)cc(C)c1.[Ir]. The minimum absolute atomic E-state index is 0. The summed E-state index contributed by atoms with van der Waals surface area (Å²) < 4.78 is 0. The molecule has 3 aromatic carbocycles. The number of fused-ring (bicyclic) bond motifs is 3. The summed E-state index contributed by atoms with van der Waals surface area (Å²) in [6.45, 7) is 20.3. The number of rotatable bonds is 8. The van der Waals surface area contributed by atoms with Gasteiger partial charge in [0.2, 0.25) is 0 Å². The molecule has 0 amide bonds. The first-order valence-corrected chi connectivity index (χ1v) is 14.9. The molecule has 0 spiro atoms. The maximum Gasteiger partial charge on any atom is 0.164 e. The van der Waals surface area contributed by atoms with E-state index in [1.165, 1.54) is 28.0 Å². The Kier molecular flexibility index (Phi) is 12.2. The third kappa shape index (κ3) is 7.74. The van der Waals surface area contributed by atoms with Crippen LogP contribution in [0.2, 0.25) is 0 Å². The third-order valence-corrected chi connectivity index (χ3v) is 8.96. The van der Waals surface area contributed by atoms with Crippen LogP contribution < -0.4 is 0 Å². The van der Waals surface area contributed by atoms with Gasteiger partial charge in [-0.2, -0.15) is 0 Å². The number of nitrogens with zero attached hydrogens (tertiary/aromatic N) is 2. The van der Waals surface area contributed by atoms with Crippen LogP contribution in [0.4, 0.5) is 0 Å². The van der Waals surface area contributed by atoms with Crippen LogP contribution in [0.15, 0.2) is 54.3 Å². The number of aromatic nitrogens is 2. The van der Waals surface area contributed by atoms with Gasteiger partial charge in [0.25, 0.3) is 0 Å². The molecule has 0 aliphatic rings. The molecule has 4 aromatic rings. The number of aryl methyl sites for hydroxylation is 4. The summed E-state index contributed by atoms with van der Waals surface area (Å²) in [6.07, 6.45) is 4.75. The van der Waals surface area contributed by atoms with E-state index in [4.69, 9.17) is 9.97 Å². The van der Waals surface area contributed by atoms with Gasteiger partial charge >= 0.3 is 0 Å². The average Bonchev–Trinajstić information content (AvgIpc) is 2.95. The standard InChI is InChI=1S/C22H19N2.C15H28O2.Ir/c1-13-5-6-17-7-8-19-21(18-10-14(2)9-15(3)11-18)23-16(4)24-22(19)20(17)12-13;1-7-14(5,8-2)12(16)11-13(17)15(6,9-3)10-4;/h5-10,12H,1-4H3;11,16H,7-10H2,1-6H3;/q-1;;/b;12-11-;. The predicted octanol–water partition coefficient (Wildman–Crippen LogP) is 10.1. The van der Waals surface area contributed by atoms with Crippen LogP contribution in [-0.2, 0) is 24.9 Å². The first-order valence-electron chi connectivity index (χ1n) is 14.9. The Morgan fingerprint density at radius 3 is 1.98 bits per heavy atom. The third-order valence-electron chi connectivity index (χ3n) is 8.96. The normalized spacial score (nSPS) is 12.1. The Morgan fingerprint density at radius 2 is 1.40 bits per heavy atom. The van der Waals surface area contributed by atoms with E-state index in [9.17, 15) is 9.90 Å². The van der Waals surface area contributed by atoms with E-state index >= 15 is 0 Å². The minimum atomic E-state index is -0.337. The quantitative estimate of drug-likeness (QED) is 0.0845. The fourth-order valence-corrected chi connectivity index (χ4v) is 5.05. The van der Waals surface area contributed by atoms with E-state index in [2.05, 4.69) is 69.3 Å². The number of aliphatic hydroxyl groups is 1. The molecular formula is C37H47IrN2O2-. The molecule has 0 aliphatic heterocycles. The molecular weight excluding hydrogens is 697 g/mol. The summed E-state index contributed by atoms with van der Waals surface area (Å²) >= 11 is 0. The van der Waals surface area contributed by atoms with Gasteiger partial charge in [0.15, 0.2) is 5.78 Å². The number of aliphatic hydroxyl groups excluding tert-OH is 1. The zero-order valence-corrected chi connectivity index (χ0v) is 29.4. The summed E-state index contributed by atoms with van der Waals surface area (Å²) in [5.74, 6) is 1.08. The monoisotopic (exact) mass is 744 g/mol. The van der Waals surface area contributed by atoms with Crippen molar-refractivity contribution in [1.29, 1.82) is 0 Å². The maximum absolute atomic E-state index is 12.2. The molecule has 0 aliphatic carbocycles. The summed E-state index contributed by atoms with van der Waals surface area (Å²) in [4.78, 5) is 21.7. The second-order valence-corrected chi connectivity index (χ2v) is 12.0. The predicted molar refractivity (Wildman–Crippen MR) is 173 cm³/mol. The molecule has 227 valence electrons. The summed E-state index contributed by atoms with van der Waals surface area (Å²) in [5.41, 5.74) is 6.02. The number of carbonyl (C=O) groups excluding carboxylic acids is 1. The van der Waals surface area contributed by atoms with Crippen molar-refractivity contribution in [2.75, 3.05) is 0 Å². The summed E-state index contributed by atoms with van der Waals surface area (Å²) in [7, 11) is 0. The largest absolute Gasteiger partial charge is 0.512 e. The average molecular weight is 744 g/mol. The van der Waals surface area contributed by atoms with Crippen LogP contribution in [0, 0.1) is 44.6 Å². The molecule has 0 atom stereocenters. The Hall–Kier alpha value is -2.88. The molecule has 0 saturated carbocycles. The van der Waals surface area contributed by atoms with Crippen molar-refractivity contribution in [2.45, 2.75) is 94.9 Å². The molecule has 1 N–H and O–H groups in total. The van der Waals surface area contributed by atoms with Gasteiger partial charge in [0.1, 0.15) is 11.6 Å². The van der Waals surface area contributed by atoms with Gasteiger partial charge in [-0.05, 0) is 62.1 Å². The van der Waals surface area contributed by atoms with E-state index in [-0.39, 0.29) is 42.5 Å². The first-order chi connectivity index (χ1) is 19.3.